The van der Waals surface area contributed by atoms with Gasteiger partial charge in [0.05, 0.1) is 5.69 Å². The van der Waals surface area contributed by atoms with E-state index in [1.807, 2.05) is 0 Å². The molecule has 2 aromatic carbocycles. The second-order valence-electron chi connectivity index (χ2n) is 4.35. The topological polar surface area (TPSA) is 37.4 Å². The summed E-state index contributed by atoms with van der Waals surface area (Å²) in [6, 6.07) is 10.2. The van der Waals surface area contributed by atoms with Crippen LogP contribution in [0, 0.1) is 5.82 Å². The molecule has 112 valence electrons. The van der Waals surface area contributed by atoms with E-state index < -0.39 is 15.8 Å². The minimum absolute atomic E-state index is 0.118. The van der Waals surface area contributed by atoms with Gasteiger partial charge in [0, 0.05) is 17.4 Å². The van der Waals surface area contributed by atoms with E-state index in [0.717, 1.165) is 4.31 Å². The first-order valence-electron chi connectivity index (χ1n) is 5.95. The molecule has 0 aliphatic heterocycles. The van der Waals surface area contributed by atoms with E-state index in [0.29, 0.717) is 15.7 Å². The molecule has 0 saturated heterocycles. The molecule has 0 radical (unpaired) electrons. The van der Waals surface area contributed by atoms with Crippen molar-refractivity contribution in [2.75, 3.05) is 11.4 Å². The van der Waals surface area contributed by atoms with Crippen molar-refractivity contribution in [1.29, 1.82) is 0 Å². The van der Waals surface area contributed by atoms with Crippen LogP contribution in [-0.4, -0.2) is 15.5 Å². The predicted octanol–water partition coefficient (Wildman–Crippen LogP) is 4.15. The molecule has 0 saturated carbocycles. The Morgan fingerprint density at radius 1 is 1.19 bits per heavy atom. The Kier molecular flexibility index (Phi) is 4.91. The number of rotatable bonds is 4. The lowest BCUT2D eigenvalue weighted by Crippen LogP contribution is -2.27. The molecule has 0 aromatic heterocycles. The average Bonchev–Trinajstić information content (AvgIpc) is 2.47. The summed E-state index contributed by atoms with van der Waals surface area (Å²) in [6.07, 6.45) is 0. The van der Waals surface area contributed by atoms with Crippen molar-refractivity contribution >= 4 is 43.2 Å². The number of hydrogen-bond acceptors (Lipinski definition) is 2. The van der Waals surface area contributed by atoms with Crippen LogP contribution in [0.15, 0.2) is 51.8 Å². The van der Waals surface area contributed by atoms with E-state index in [-0.39, 0.29) is 10.8 Å². The molecule has 0 N–H and O–H groups in total. The molecule has 2 rings (SSSR count). The number of sulfonamides is 1. The number of hydrogen-bond donors (Lipinski definition) is 0. The van der Waals surface area contributed by atoms with Gasteiger partial charge in [-0.2, -0.15) is 0 Å². The summed E-state index contributed by atoms with van der Waals surface area (Å²) in [5.74, 6) is -0.203. The summed E-state index contributed by atoms with van der Waals surface area (Å²) in [4.78, 5) is 0.118. The Bertz CT molecular complexity index is 750. The Morgan fingerprint density at radius 2 is 1.81 bits per heavy atom. The Hall–Kier alpha value is -1.11. The Morgan fingerprint density at radius 3 is 2.38 bits per heavy atom. The van der Waals surface area contributed by atoms with Gasteiger partial charge in [-0.15, -0.1) is 11.6 Å². The summed E-state index contributed by atoms with van der Waals surface area (Å²) in [5.41, 5.74) is 1.07. The minimum atomic E-state index is -3.76. The molecule has 0 heterocycles. The van der Waals surface area contributed by atoms with Gasteiger partial charge in [0.15, 0.2) is 0 Å². The van der Waals surface area contributed by atoms with Crippen molar-refractivity contribution in [3.8, 4) is 0 Å². The Labute approximate surface area is 136 Å². The van der Waals surface area contributed by atoms with E-state index in [2.05, 4.69) is 15.9 Å². The molecule has 3 nitrogen and oxygen atoms in total. The zero-order chi connectivity index (χ0) is 15.6. The lowest BCUT2D eigenvalue weighted by atomic mass is 10.2. The molecular formula is C14H12BrClFNO2S. The highest BCUT2D eigenvalue weighted by atomic mass is 79.9. The van der Waals surface area contributed by atoms with Crippen LogP contribution in [0.4, 0.5) is 10.1 Å². The minimum Gasteiger partial charge on any atom is -0.269 e. The first-order valence-corrected chi connectivity index (χ1v) is 8.72. The van der Waals surface area contributed by atoms with Gasteiger partial charge in [0.1, 0.15) is 10.7 Å². The predicted molar refractivity (Wildman–Crippen MR) is 85.7 cm³/mol. The highest BCUT2D eigenvalue weighted by Gasteiger charge is 2.24. The maximum absolute atomic E-state index is 12.9. The van der Waals surface area contributed by atoms with Crippen molar-refractivity contribution in [3.05, 3.63) is 58.3 Å². The van der Waals surface area contributed by atoms with Crippen LogP contribution >= 0.6 is 27.5 Å². The summed E-state index contributed by atoms with van der Waals surface area (Å²) >= 11 is 8.99. The molecule has 21 heavy (non-hydrogen) atoms. The van der Waals surface area contributed by atoms with E-state index in [1.54, 1.807) is 12.1 Å². The van der Waals surface area contributed by atoms with Crippen LogP contribution in [0.3, 0.4) is 0 Å². The van der Waals surface area contributed by atoms with Gasteiger partial charge in [0.2, 0.25) is 0 Å². The normalized spacial score (nSPS) is 11.4. The molecule has 0 atom stereocenters. The average molecular weight is 393 g/mol. The van der Waals surface area contributed by atoms with Gasteiger partial charge in [-0.25, -0.2) is 12.8 Å². The lowest BCUT2D eigenvalue weighted by Gasteiger charge is -2.20. The van der Waals surface area contributed by atoms with Gasteiger partial charge in [-0.1, -0.05) is 6.07 Å². The SMILES string of the molecule is CN(c1ccc(F)cc1)S(=O)(=O)c1cc(CCl)ccc1Br. The number of benzene rings is 2. The van der Waals surface area contributed by atoms with Gasteiger partial charge in [-0.3, -0.25) is 4.31 Å². The molecule has 2 aromatic rings. The third kappa shape index (κ3) is 3.39. The Balaban J connectivity index is 2.48. The summed E-state index contributed by atoms with van der Waals surface area (Å²) in [5, 5.41) is 0. The van der Waals surface area contributed by atoms with Gasteiger partial charge in [0.25, 0.3) is 10.0 Å². The molecule has 7 heteroatoms. The number of alkyl halides is 1. The summed E-state index contributed by atoms with van der Waals surface area (Å²) < 4.78 is 39.8. The highest BCUT2D eigenvalue weighted by Crippen LogP contribution is 2.29. The second-order valence-corrected chi connectivity index (χ2v) is 7.41. The molecule has 0 aliphatic carbocycles. The van der Waals surface area contributed by atoms with Crippen molar-refractivity contribution < 1.29 is 12.8 Å². The van der Waals surface area contributed by atoms with Crippen molar-refractivity contribution in [2.45, 2.75) is 10.8 Å². The fourth-order valence-electron chi connectivity index (χ4n) is 1.77. The van der Waals surface area contributed by atoms with E-state index in [1.165, 1.54) is 37.4 Å². The number of anilines is 1. The van der Waals surface area contributed by atoms with Crippen LogP contribution in [-0.2, 0) is 15.9 Å². The van der Waals surface area contributed by atoms with Crippen molar-refractivity contribution in [3.63, 3.8) is 0 Å². The van der Waals surface area contributed by atoms with Crippen molar-refractivity contribution in [2.24, 2.45) is 0 Å². The van der Waals surface area contributed by atoms with E-state index >= 15 is 0 Å². The monoisotopic (exact) mass is 391 g/mol. The fraction of sp³-hybridized carbons (Fsp3) is 0.143. The fourth-order valence-corrected chi connectivity index (χ4v) is 4.10. The first-order chi connectivity index (χ1) is 9.86. The second kappa shape index (κ2) is 6.34. The third-order valence-corrected chi connectivity index (χ3v) is 6.07. The van der Waals surface area contributed by atoms with Crippen LogP contribution in [0.25, 0.3) is 0 Å². The van der Waals surface area contributed by atoms with Gasteiger partial charge >= 0.3 is 0 Å². The lowest BCUT2D eigenvalue weighted by molar-refractivity contribution is 0.593. The first kappa shape index (κ1) is 16.3. The van der Waals surface area contributed by atoms with Crippen LogP contribution in [0.1, 0.15) is 5.56 Å². The maximum Gasteiger partial charge on any atom is 0.265 e. The van der Waals surface area contributed by atoms with Crippen LogP contribution < -0.4 is 4.31 Å². The van der Waals surface area contributed by atoms with E-state index in [9.17, 15) is 12.8 Å². The molecule has 0 bridgehead atoms. The molecular weight excluding hydrogens is 381 g/mol. The van der Waals surface area contributed by atoms with Gasteiger partial charge < -0.3 is 0 Å². The summed E-state index contributed by atoms with van der Waals surface area (Å²) in [7, 11) is -2.34. The molecule has 0 aliphatic rings. The van der Waals surface area contributed by atoms with Crippen LogP contribution in [0.2, 0.25) is 0 Å². The highest BCUT2D eigenvalue weighted by molar-refractivity contribution is 9.10. The molecule has 0 unspecified atom stereocenters. The third-order valence-electron chi connectivity index (χ3n) is 2.98. The molecule has 0 spiro atoms. The summed E-state index contributed by atoms with van der Waals surface area (Å²) in [6.45, 7) is 0. The van der Waals surface area contributed by atoms with Gasteiger partial charge in [-0.05, 0) is 57.9 Å². The number of nitrogens with zero attached hydrogens (tertiary/aromatic N) is 1. The zero-order valence-corrected chi connectivity index (χ0v) is 14.2. The molecule has 0 amide bonds. The van der Waals surface area contributed by atoms with Crippen molar-refractivity contribution in [1.82, 2.24) is 0 Å². The smallest absolute Gasteiger partial charge is 0.265 e. The number of halogens is 3. The standard InChI is InChI=1S/C14H12BrClFNO2S/c1-18(12-5-3-11(17)4-6-12)21(19,20)14-8-10(9-16)2-7-13(14)15/h2-8H,9H2,1H3. The quantitative estimate of drug-likeness (QED) is 0.733. The maximum atomic E-state index is 12.9. The largest absolute Gasteiger partial charge is 0.269 e. The van der Waals surface area contributed by atoms with E-state index in [4.69, 9.17) is 11.6 Å². The zero-order valence-electron chi connectivity index (χ0n) is 11.1. The molecule has 0 fully saturated rings. The van der Waals surface area contributed by atoms with Crippen LogP contribution in [0.5, 0.6) is 0 Å².